The first-order valence-electron chi connectivity index (χ1n) is 8.84. The highest BCUT2D eigenvalue weighted by molar-refractivity contribution is 7.47. The van der Waals surface area contributed by atoms with Crippen LogP contribution in [0.25, 0.3) is 0 Å². The maximum absolute atomic E-state index is 12.4. The summed E-state index contributed by atoms with van der Waals surface area (Å²) in [7, 11) is -4.33. The normalized spacial score (nSPS) is 26.1. The Morgan fingerprint density at radius 1 is 1.30 bits per heavy atom. The van der Waals surface area contributed by atoms with Gasteiger partial charge in [-0.15, -0.1) is 0 Å². The summed E-state index contributed by atoms with van der Waals surface area (Å²) in [6.07, 6.45) is 0.0736. The zero-order valence-corrected chi connectivity index (χ0v) is 17.5. The van der Waals surface area contributed by atoms with Gasteiger partial charge in [0.25, 0.3) is 5.56 Å². The number of H-pyrrole nitrogens is 1. The Balaban J connectivity index is 2.26. The average Bonchev–Trinajstić information content (AvgIpc) is 2.75. The zero-order chi connectivity index (χ0) is 20.6. The Morgan fingerprint density at radius 2 is 1.93 bits per heavy atom. The van der Waals surface area contributed by atoms with Crippen LogP contribution in [-0.2, 0) is 18.3 Å². The number of nitrogens with one attached hydrogen (secondary N) is 1. The molecular formula is C17H29N2O7P. The van der Waals surface area contributed by atoms with E-state index in [1.54, 1.807) is 20.8 Å². The van der Waals surface area contributed by atoms with Gasteiger partial charge in [-0.05, 0) is 32.6 Å². The quantitative estimate of drug-likeness (QED) is 0.724. The fourth-order valence-corrected chi connectivity index (χ4v) is 4.26. The van der Waals surface area contributed by atoms with Crippen LogP contribution >= 0.6 is 7.82 Å². The van der Waals surface area contributed by atoms with Crippen LogP contribution in [0.3, 0.4) is 0 Å². The minimum Gasteiger partial charge on any atom is -0.352 e. The van der Waals surface area contributed by atoms with Crippen molar-refractivity contribution in [2.24, 2.45) is 5.41 Å². The van der Waals surface area contributed by atoms with Crippen LogP contribution in [0.5, 0.6) is 0 Å². The van der Waals surface area contributed by atoms with Gasteiger partial charge in [0.15, 0.2) is 0 Å². The van der Waals surface area contributed by atoms with E-state index in [1.165, 1.54) is 16.8 Å². The van der Waals surface area contributed by atoms with E-state index < -0.39 is 43.1 Å². The molecule has 9 nitrogen and oxygen atoms in total. The Labute approximate surface area is 158 Å². The summed E-state index contributed by atoms with van der Waals surface area (Å²) < 4.78 is 30.2. The molecule has 0 aromatic carbocycles. The molecule has 1 aliphatic heterocycles. The first kappa shape index (κ1) is 22.0. The molecule has 1 unspecified atom stereocenters. The predicted molar refractivity (Wildman–Crippen MR) is 99.5 cm³/mol. The summed E-state index contributed by atoms with van der Waals surface area (Å²) in [5.74, 6) is 0. The van der Waals surface area contributed by atoms with Crippen LogP contribution in [0.15, 0.2) is 21.9 Å². The lowest BCUT2D eigenvalue weighted by molar-refractivity contribution is -0.0427. The Morgan fingerprint density at radius 3 is 2.44 bits per heavy atom. The molecule has 0 amide bonds. The fraction of sp³-hybridized carbons (Fsp3) is 0.765. The summed E-state index contributed by atoms with van der Waals surface area (Å²) in [4.78, 5) is 35.6. The number of rotatable bonds is 5. The van der Waals surface area contributed by atoms with E-state index in [1.807, 2.05) is 20.8 Å². The standard InChI is InChI=1S/C17H29N2O7P/c1-16(2,3)10-12-11(25-27(22,23)26-17(4,5)6)9-14(24-12)19-8-7-13(20)18-15(19)21/h7-8,11-12,14H,9-10H2,1-6H3,(H,22,23)(H,18,20,21)/t11-,12+,14+/m0/s1. The van der Waals surface area contributed by atoms with Gasteiger partial charge < -0.3 is 9.63 Å². The molecule has 0 bridgehead atoms. The Bertz CT molecular complexity index is 818. The molecule has 1 aromatic rings. The van der Waals surface area contributed by atoms with Gasteiger partial charge in [0.1, 0.15) is 6.23 Å². The second-order valence-electron chi connectivity index (χ2n) is 8.96. The van der Waals surface area contributed by atoms with E-state index in [0.29, 0.717) is 6.42 Å². The van der Waals surface area contributed by atoms with E-state index in [0.717, 1.165) is 0 Å². The third-order valence-electron chi connectivity index (χ3n) is 3.81. The van der Waals surface area contributed by atoms with Gasteiger partial charge >= 0.3 is 13.5 Å². The molecule has 0 radical (unpaired) electrons. The molecule has 1 fully saturated rings. The average molecular weight is 404 g/mol. The van der Waals surface area contributed by atoms with E-state index >= 15 is 0 Å². The van der Waals surface area contributed by atoms with Crippen molar-refractivity contribution < 1.29 is 23.2 Å². The van der Waals surface area contributed by atoms with E-state index in [2.05, 4.69) is 4.98 Å². The largest absolute Gasteiger partial charge is 0.473 e. The van der Waals surface area contributed by atoms with Gasteiger partial charge in [0.2, 0.25) is 0 Å². The maximum atomic E-state index is 12.4. The lowest BCUT2D eigenvalue weighted by Crippen LogP contribution is -2.31. The molecule has 2 heterocycles. The first-order valence-corrected chi connectivity index (χ1v) is 10.3. The lowest BCUT2D eigenvalue weighted by Gasteiger charge is -2.29. The molecule has 154 valence electrons. The van der Waals surface area contributed by atoms with Crippen LogP contribution in [-0.4, -0.2) is 32.3 Å². The van der Waals surface area contributed by atoms with Crippen molar-refractivity contribution >= 4 is 7.82 Å². The molecule has 2 N–H and O–H groups in total. The number of aromatic nitrogens is 2. The minimum atomic E-state index is -4.33. The fourth-order valence-electron chi connectivity index (χ4n) is 2.96. The smallest absolute Gasteiger partial charge is 0.352 e. The third-order valence-corrected chi connectivity index (χ3v) is 5.13. The van der Waals surface area contributed by atoms with E-state index in [4.69, 9.17) is 13.8 Å². The molecular weight excluding hydrogens is 375 g/mol. The SMILES string of the molecule is CC(C)(C)C[C@H]1O[C@@H](n2ccc(=O)[nH]c2=O)C[C@@H]1OP(=O)(O)OC(C)(C)C. The predicted octanol–water partition coefficient (Wildman–Crippen LogP) is 2.56. The summed E-state index contributed by atoms with van der Waals surface area (Å²) >= 11 is 0. The molecule has 4 atom stereocenters. The third kappa shape index (κ3) is 6.69. The highest BCUT2D eigenvalue weighted by Gasteiger charge is 2.44. The van der Waals surface area contributed by atoms with Crippen LogP contribution < -0.4 is 11.2 Å². The number of hydrogen-bond donors (Lipinski definition) is 2. The first-order chi connectivity index (χ1) is 12.2. The highest BCUT2D eigenvalue weighted by Crippen LogP contribution is 2.51. The summed E-state index contributed by atoms with van der Waals surface area (Å²) in [5, 5.41) is 0. The molecule has 10 heteroatoms. The van der Waals surface area contributed by atoms with Gasteiger partial charge in [-0.25, -0.2) is 9.36 Å². The van der Waals surface area contributed by atoms with Crippen LogP contribution in [0.4, 0.5) is 0 Å². The van der Waals surface area contributed by atoms with Crippen LogP contribution in [0.2, 0.25) is 0 Å². The van der Waals surface area contributed by atoms with Gasteiger partial charge in [-0.2, -0.15) is 0 Å². The number of phosphoric ester groups is 1. The second-order valence-corrected chi connectivity index (χ2v) is 10.3. The van der Waals surface area contributed by atoms with E-state index in [-0.39, 0.29) is 11.8 Å². The summed E-state index contributed by atoms with van der Waals surface area (Å²) in [6, 6.07) is 1.22. The topological polar surface area (TPSA) is 120 Å². The molecule has 0 spiro atoms. The van der Waals surface area contributed by atoms with Crippen molar-refractivity contribution in [3.63, 3.8) is 0 Å². The summed E-state index contributed by atoms with van der Waals surface area (Å²) in [6.45, 7) is 11.0. The Kier molecular flexibility index (Phi) is 6.24. The van der Waals surface area contributed by atoms with Gasteiger partial charge in [-0.3, -0.25) is 23.4 Å². The summed E-state index contributed by atoms with van der Waals surface area (Å²) in [5.41, 5.74) is -2.12. The van der Waals surface area contributed by atoms with E-state index in [9.17, 15) is 19.0 Å². The number of hydrogen-bond acceptors (Lipinski definition) is 6. The van der Waals surface area contributed by atoms with Crippen molar-refractivity contribution in [1.29, 1.82) is 0 Å². The van der Waals surface area contributed by atoms with Gasteiger partial charge in [0.05, 0.1) is 17.8 Å². The molecule has 2 rings (SSSR count). The van der Waals surface area contributed by atoms with Crippen molar-refractivity contribution in [1.82, 2.24) is 9.55 Å². The van der Waals surface area contributed by atoms with Crippen molar-refractivity contribution in [2.45, 2.75) is 78.4 Å². The van der Waals surface area contributed by atoms with Gasteiger partial charge in [-0.1, -0.05) is 20.8 Å². The van der Waals surface area contributed by atoms with Crippen molar-refractivity contribution in [3.8, 4) is 0 Å². The van der Waals surface area contributed by atoms with Crippen LogP contribution in [0, 0.1) is 5.41 Å². The second kappa shape index (κ2) is 7.64. The molecule has 1 saturated heterocycles. The maximum Gasteiger partial charge on any atom is 0.473 e. The highest BCUT2D eigenvalue weighted by atomic mass is 31.2. The molecule has 0 saturated carbocycles. The number of nitrogens with zero attached hydrogens (tertiary/aromatic N) is 1. The monoisotopic (exact) mass is 404 g/mol. The molecule has 1 aliphatic rings. The minimum absolute atomic E-state index is 0.137. The molecule has 0 aliphatic carbocycles. The lowest BCUT2D eigenvalue weighted by atomic mass is 9.87. The number of ether oxygens (including phenoxy) is 1. The Hall–Kier alpha value is -1.25. The van der Waals surface area contributed by atoms with Gasteiger partial charge in [0, 0.05) is 18.7 Å². The van der Waals surface area contributed by atoms with Crippen LogP contribution in [0.1, 0.15) is 60.6 Å². The molecule has 27 heavy (non-hydrogen) atoms. The zero-order valence-electron chi connectivity index (χ0n) is 16.6. The van der Waals surface area contributed by atoms with Crippen molar-refractivity contribution in [2.75, 3.05) is 0 Å². The number of aromatic amines is 1. The number of phosphoric acid groups is 1. The van der Waals surface area contributed by atoms with Crippen molar-refractivity contribution in [3.05, 3.63) is 33.1 Å². The molecule has 1 aromatic heterocycles.